The molecule has 3 heteroatoms. The van der Waals surface area contributed by atoms with Crippen molar-refractivity contribution in [2.24, 2.45) is 7.05 Å². The predicted octanol–water partition coefficient (Wildman–Crippen LogP) is 2.69. The van der Waals surface area contributed by atoms with Crippen LogP contribution in [0.5, 0.6) is 0 Å². The molecule has 1 heterocycles. The molecular weight excluding hydrogens is 186 g/mol. The van der Waals surface area contributed by atoms with Gasteiger partial charge in [-0.25, -0.2) is 0 Å². The maximum atomic E-state index is 5.99. The summed E-state index contributed by atoms with van der Waals surface area (Å²) in [7, 11) is 1.93. The molecule has 0 atom stereocenters. The van der Waals surface area contributed by atoms with Crippen molar-refractivity contribution in [3.63, 3.8) is 0 Å². The van der Waals surface area contributed by atoms with Crippen molar-refractivity contribution in [3.8, 4) is 0 Å². The average molecular weight is 209 g/mol. The predicted molar refractivity (Wildman–Crippen MR) is 64.8 cm³/mol. The fraction of sp³-hybridized carbons (Fsp3) is 0.750. The minimum atomic E-state index is 0.850. The Labute approximate surface area is 92.7 Å². The van der Waals surface area contributed by atoms with Crippen molar-refractivity contribution < 1.29 is 0 Å². The van der Waals surface area contributed by atoms with Gasteiger partial charge in [0.25, 0.3) is 0 Å². The van der Waals surface area contributed by atoms with E-state index in [1.807, 2.05) is 11.7 Å². The molecule has 0 spiro atoms. The lowest BCUT2D eigenvalue weighted by Gasteiger charge is -2.01. The third kappa shape index (κ3) is 2.98. The Kier molecular flexibility index (Phi) is 4.66. The zero-order valence-electron chi connectivity index (χ0n) is 10.2. The quantitative estimate of drug-likeness (QED) is 0.732. The molecule has 2 N–H and O–H groups in total. The molecule has 86 valence electrons. The van der Waals surface area contributed by atoms with E-state index >= 15 is 0 Å². The van der Waals surface area contributed by atoms with Gasteiger partial charge in [0.05, 0.1) is 5.69 Å². The second-order valence-electron chi connectivity index (χ2n) is 4.14. The van der Waals surface area contributed by atoms with Crippen molar-refractivity contribution in [2.75, 3.05) is 5.73 Å². The number of nitrogen functional groups attached to an aromatic ring is 1. The number of hydrogen-bond acceptors (Lipinski definition) is 2. The number of rotatable bonds is 6. The first-order chi connectivity index (χ1) is 7.20. The molecule has 15 heavy (non-hydrogen) atoms. The second-order valence-corrected chi connectivity index (χ2v) is 4.14. The standard InChI is InChI=1S/C12H23N3/c1-4-6-7-9-11-10(8-5-2)12(13)15(3)14-11/h4-9,13H2,1-3H3. The molecule has 0 saturated heterocycles. The summed E-state index contributed by atoms with van der Waals surface area (Å²) in [5, 5.41) is 4.49. The molecule has 0 aromatic carbocycles. The largest absolute Gasteiger partial charge is 0.384 e. The van der Waals surface area contributed by atoms with Gasteiger partial charge in [-0.2, -0.15) is 5.10 Å². The minimum Gasteiger partial charge on any atom is -0.384 e. The van der Waals surface area contributed by atoms with Crippen molar-refractivity contribution in [1.29, 1.82) is 0 Å². The van der Waals surface area contributed by atoms with Crippen LogP contribution in [-0.2, 0) is 19.9 Å². The first-order valence-corrected chi connectivity index (χ1v) is 6.00. The van der Waals surface area contributed by atoms with E-state index < -0.39 is 0 Å². The Hall–Kier alpha value is -0.990. The van der Waals surface area contributed by atoms with Crippen molar-refractivity contribution in [1.82, 2.24) is 9.78 Å². The highest BCUT2D eigenvalue weighted by molar-refractivity contribution is 5.43. The summed E-state index contributed by atoms with van der Waals surface area (Å²) >= 11 is 0. The second kappa shape index (κ2) is 5.79. The number of unbranched alkanes of at least 4 members (excludes halogenated alkanes) is 2. The number of aromatic nitrogens is 2. The van der Waals surface area contributed by atoms with Crippen LogP contribution < -0.4 is 5.73 Å². The van der Waals surface area contributed by atoms with Crippen LogP contribution in [0.4, 0.5) is 5.82 Å². The highest BCUT2D eigenvalue weighted by Crippen LogP contribution is 2.19. The van der Waals surface area contributed by atoms with Gasteiger partial charge in [0, 0.05) is 12.6 Å². The van der Waals surface area contributed by atoms with Crippen LogP contribution in [0.1, 0.15) is 50.8 Å². The lowest BCUT2D eigenvalue weighted by Crippen LogP contribution is -1.99. The number of nitrogens with two attached hydrogens (primary N) is 1. The van der Waals surface area contributed by atoms with E-state index in [1.165, 1.54) is 30.5 Å². The average Bonchev–Trinajstić information content (AvgIpc) is 2.47. The monoisotopic (exact) mass is 209 g/mol. The van der Waals surface area contributed by atoms with Gasteiger partial charge in [-0.05, 0) is 19.3 Å². The molecule has 0 aliphatic rings. The number of nitrogens with zero attached hydrogens (tertiary/aromatic N) is 2. The molecule has 0 aliphatic heterocycles. The highest BCUT2D eigenvalue weighted by atomic mass is 15.3. The van der Waals surface area contributed by atoms with Gasteiger partial charge in [-0.15, -0.1) is 0 Å². The Bertz CT molecular complexity index is 302. The molecule has 0 amide bonds. The molecule has 0 unspecified atom stereocenters. The molecule has 0 saturated carbocycles. The number of aryl methyl sites for hydroxylation is 2. The Balaban J connectivity index is 2.72. The van der Waals surface area contributed by atoms with Crippen LogP contribution in [0.2, 0.25) is 0 Å². The summed E-state index contributed by atoms with van der Waals surface area (Å²) in [5.74, 6) is 0.850. The van der Waals surface area contributed by atoms with Crippen LogP contribution in [-0.4, -0.2) is 9.78 Å². The lowest BCUT2D eigenvalue weighted by atomic mass is 10.1. The summed E-state index contributed by atoms with van der Waals surface area (Å²) in [5.41, 5.74) is 8.48. The van der Waals surface area contributed by atoms with Gasteiger partial charge in [0.15, 0.2) is 0 Å². The molecule has 3 nitrogen and oxygen atoms in total. The lowest BCUT2D eigenvalue weighted by molar-refractivity contribution is 0.681. The first kappa shape index (κ1) is 12.1. The smallest absolute Gasteiger partial charge is 0.124 e. The summed E-state index contributed by atoms with van der Waals surface area (Å²) in [4.78, 5) is 0. The van der Waals surface area contributed by atoms with Gasteiger partial charge in [0.1, 0.15) is 5.82 Å². The molecule has 0 radical (unpaired) electrons. The van der Waals surface area contributed by atoms with E-state index in [0.717, 1.165) is 25.1 Å². The van der Waals surface area contributed by atoms with Crippen molar-refractivity contribution >= 4 is 5.82 Å². The molecule has 1 rings (SSSR count). The van der Waals surface area contributed by atoms with Gasteiger partial charge < -0.3 is 5.73 Å². The molecule has 1 aromatic rings. The summed E-state index contributed by atoms with van der Waals surface area (Å²) in [6.45, 7) is 4.40. The van der Waals surface area contributed by atoms with Crippen molar-refractivity contribution in [2.45, 2.75) is 52.4 Å². The summed E-state index contributed by atoms with van der Waals surface area (Å²) < 4.78 is 1.81. The molecule has 1 aromatic heterocycles. The van der Waals surface area contributed by atoms with E-state index in [9.17, 15) is 0 Å². The minimum absolute atomic E-state index is 0.850. The zero-order chi connectivity index (χ0) is 11.3. The summed E-state index contributed by atoms with van der Waals surface area (Å²) in [6, 6.07) is 0. The van der Waals surface area contributed by atoms with E-state index in [4.69, 9.17) is 5.73 Å². The Morgan fingerprint density at radius 2 is 1.87 bits per heavy atom. The Morgan fingerprint density at radius 1 is 1.13 bits per heavy atom. The first-order valence-electron chi connectivity index (χ1n) is 6.00. The molecule has 0 fully saturated rings. The molecule has 0 bridgehead atoms. The normalized spacial score (nSPS) is 10.9. The Morgan fingerprint density at radius 3 is 2.47 bits per heavy atom. The van der Waals surface area contributed by atoms with Crippen LogP contribution in [0.3, 0.4) is 0 Å². The SMILES string of the molecule is CCCCCc1nn(C)c(N)c1CCC. The number of hydrogen-bond donors (Lipinski definition) is 1. The highest BCUT2D eigenvalue weighted by Gasteiger charge is 2.11. The van der Waals surface area contributed by atoms with Crippen LogP contribution in [0.25, 0.3) is 0 Å². The molecular formula is C12H23N3. The maximum Gasteiger partial charge on any atom is 0.124 e. The fourth-order valence-electron chi connectivity index (χ4n) is 1.90. The van der Waals surface area contributed by atoms with E-state index in [0.29, 0.717) is 0 Å². The molecule has 0 aliphatic carbocycles. The van der Waals surface area contributed by atoms with E-state index in [2.05, 4.69) is 18.9 Å². The van der Waals surface area contributed by atoms with Crippen LogP contribution >= 0.6 is 0 Å². The maximum absolute atomic E-state index is 5.99. The fourth-order valence-corrected chi connectivity index (χ4v) is 1.90. The topological polar surface area (TPSA) is 43.8 Å². The third-order valence-electron chi connectivity index (χ3n) is 2.79. The van der Waals surface area contributed by atoms with Gasteiger partial charge >= 0.3 is 0 Å². The van der Waals surface area contributed by atoms with Crippen LogP contribution in [0, 0.1) is 0 Å². The van der Waals surface area contributed by atoms with Gasteiger partial charge in [-0.3, -0.25) is 4.68 Å². The summed E-state index contributed by atoms with van der Waals surface area (Å²) in [6.07, 6.45) is 7.03. The zero-order valence-corrected chi connectivity index (χ0v) is 10.2. The number of anilines is 1. The third-order valence-corrected chi connectivity index (χ3v) is 2.79. The van der Waals surface area contributed by atoms with Crippen molar-refractivity contribution in [3.05, 3.63) is 11.3 Å². The van der Waals surface area contributed by atoms with Crippen LogP contribution in [0.15, 0.2) is 0 Å². The van der Waals surface area contributed by atoms with Gasteiger partial charge in [-0.1, -0.05) is 33.1 Å². The van der Waals surface area contributed by atoms with E-state index in [-0.39, 0.29) is 0 Å². The van der Waals surface area contributed by atoms with Gasteiger partial charge in [0.2, 0.25) is 0 Å². The van der Waals surface area contributed by atoms with E-state index in [1.54, 1.807) is 0 Å².